The lowest BCUT2D eigenvalue weighted by Gasteiger charge is -2.40. The molecule has 2 heterocycles. The van der Waals surface area contributed by atoms with Gasteiger partial charge in [-0.2, -0.15) is 0 Å². The van der Waals surface area contributed by atoms with Crippen LogP contribution in [0.4, 0.5) is 0 Å². The molecule has 0 aliphatic carbocycles. The van der Waals surface area contributed by atoms with E-state index in [-0.39, 0.29) is 17.9 Å². The van der Waals surface area contributed by atoms with Gasteiger partial charge in [-0.25, -0.2) is 4.79 Å². The number of methoxy groups -OCH3 is 1. The van der Waals surface area contributed by atoms with Crippen molar-refractivity contribution in [1.29, 1.82) is 0 Å². The SMILES string of the molecule is COC(=O)[C@@H]1Cc2c([nH]c3ccccc23)C(c2ccc(C(C)C)cc2)N1C(C)=O. The molecule has 29 heavy (non-hydrogen) atoms. The number of H-pyrrole nitrogens is 1. The molecule has 1 amide bonds. The number of carbonyl (C=O) groups is 2. The van der Waals surface area contributed by atoms with Crippen LogP contribution in [-0.2, 0) is 20.7 Å². The number of para-hydroxylation sites is 1. The molecule has 5 heteroatoms. The molecule has 1 N–H and O–H groups in total. The minimum Gasteiger partial charge on any atom is -0.467 e. The molecule has 0 saturated carbocycles. The molecule has 4 rings (SSSR count). The second kappa shape index (κ2) is 7.39. The highest BCUT2D eigenvalue weighted by molar-refractivity contribution is 5.90. The van der Waals surface area contributed by atoms with Crippen LogP contribution in [0, 0.1) is 0 Å². The highest BCUT2D eigenvalue weighted by atomic mass is 16.5. The number of rotatable bonds is 3. The zero-order chi connectivity index (χ0) is 20.7. The standard InChI is InChI=1S/C24H26N2O3/c1-14(2)16-9-11-17(12-10-16)23-22-19(18-7-5-6-8-20(18)25-22)13-21(24(28)29-4)26(23)15(3)27/h5-12,14,21,23,25H,13H2,1-4H3/t21-,23?/m0/s1. The number of fused-ring (bicyclic) bond motifs is 3. The maximum atomic E-state index is 12.7. The molecule has 150 valence electrons. The van der Waals surface area contributed by atoms with E-state index in [0.717, 1.165) is 27.7 Å². The summed E-state index contributed by atoms with van der Waals surface area (Å²) in [4.78, 5) is 30.5. The Kier molecular flexibility index (Phi) is 4.91. The lowest BCUT2D eigenvalue weighted by Crippen LogP contribution is -2.51. The van der Waals surface area contributed by atoms with E-state index in [1.165, 1.54) is 19.6 Å². The lowest BCUT2D eigenvalue weighted by atomic mass is 9.87. The second-order valence-corrected chi connectivity index (χ2v) is 7.96. The summed E-state index contributed by atoms with van der Waals surface area (Å²) in [6, 6.07) is 15.4. The lowest BCUT2D eigenvalue weighted by molar-refractivity contribution is -0.154. The molecular formula is C24H26N2O3. The fourth-order valence-electron chi connectivity index (χ4n) is 4.41. The number of amides is 1. The number of nitrogens with zero attached hydrogens (tertiary/aromatic N) is 1. The molecule has 0 radical (unpaired) electrons. The van der Waals surface area contributed by atoms with Gasteiger partial charge in [-0.05, 0) is 28.7 Å². The summed E-state index contributed by atoms with van der Waals surface area (Å²) in [5, 5.41) is 1.09. The van der Waals surface area contributed by atoms with Crippen molar-refractivity contribution in [1.82, 2.24) is 9.88 Å². The van der Waals surface area contributed by atoms with E-state index < -0.39 is 6.04 Å². The topological polar surface area (TPSA) is 62.4 Å². The van der Waals surface area contributed by atoms with Gasteiger partial charge in [0.2, 0.25) is 5.91 Å². The Morgan fingerprint density at radius 2 is 1.79 bits per heavy atom. The molecule has 0 bridgehead atoms. The quantitative estimate of drug-likeness (QED) is 0.677. The zero-order valence-electron chi connectivity index (χ0n) is 17.2. The van der Waals surface area contributed by atoms with E-state index in [0.29, 0.717) is 12.3 Å². The second-order valence-electron chi connectivity index (χ2n) is 7.96. The van der Waals surface area contributed by atoms with Gasteiger partial charge in [0.25, 0.3) is 0 Å². The van der Waals surface area contributed by atoms with Gasteiger partial charge >= 0.3 is 5.97 Å². The van der Waals surface area contributed by atoms with E-state index in [1.807, 2.05) is 18.2 Å². The Morgan fingerprint density at radius 1 is 1.10 bits per heavy atom. The highest BCUT2D eigenvalue weighted by Gasteiger charge is 2.42. The normalized spacial score (nSPS) is 18.7. The number of hydrogen-bond acceptors (Lipinski definition) is 3. The predicted molar refractivity (Wildman–Crippen MR) is 113 cm³/mol. The van der Waals surface area contributed by atoms with Crippen molar-refractivity contribution in [2.75, 3.05) is 7.11 Å². The molecule has 1 aromatic heterocycles. The Balaban J connectivity index is 1.93. The molecule has 3 aromatic rings. The first kappa shape index (κ1) is 19.2. The average molecular weight is 390 g/mol. The molecule has 2 atom stereocenters. The Labute approximate surface area is 170 Å². The number of hydrogen-bond donors (Lipinski definition) is 1. The highest BCUT2D eigenvalue weighted by Crippen LogP contribution is 2.41. The Hall–Kier alpha value is -3.08. The summed E-state index contributed by atoms with van der Waals surface area (Å²) in [7, 11) is 1.37. The summed E-state index contributed by atoms with van der Waals surface area (Å²) in [5.41, 5.74) is 5.27. The van der Waals surface area contributed by atoms with E-state index in [4.69, 9.17) is 4.74 Å². The summed E-state index contributed by atoms with van der Waals surface area (Å²) in [5.74, 6) is -0.117. The third-order valence-electron chi connectivity index (χ3n) is 5.89. The minimum absolute atomic E-state index is 0.150. The molecule has 5 nitrogen and oxygen atoms in total. The van der Waals surface area contributed by atoms with Crippen LogP contribution in [0.5, 0.6) is 0 Å². The third kappa shape index (κ3) is 3.20. The van der Waals surface area contributed by atoms with E-state index in [9.17, 15) is 9.59 Å². The Morgan fingerprint density at radius 3 is 2.41 bits per heavy atom. The largest absolute Gasteiger partial charge is 0.467 e. The van der Waals surface area contributed by atoms with Crippen LogP contribution in [0.3, 0.4) is 0 Å². The van der Waals surface area contributed by atoms with Crippen molar-refractivity contribution in [3.63, 3.8) is 0 Å². The number of ether oxygens (including phenoxy) is 1. The summed E-state index contributed by atoms with van der Waals surface area (Å²) < 4.78 is 5.07. The number of carbonyl (C=O) groups excluding carboxylic acids is 2. The molecule has 0 saturated heterocycles. The number of nitrogens with one attached hydrogen (secondary N) is 1. The maximum absolute atomic E-state index is 12.7. The van der Waals surface area contributed by atoms with Crippen LogP contribution in [-0.4, -0.2) is 34.9 Å². The van der Waals surface area contributed by atoms with Gasteiger partial charge in [-0.3, -0.25) is 4.79 Å². The number of esters is 1. The van der Waals surface area contributed by atoms with Gasteiger partial charge in [0.15, 0.2) is 0 Å². The monoisotopic (exact) mass is 390 g/mol. The van der Waals surface area contributed by atoms with Gasteiger partial charge < -0.3 is 14.6 Å². The van der Waals surface area contributed by atoms with E-state index in [1.54, 1.807) is 4.90 Å². The molecule has 0 fully saturated rings. The van der Waals surface area contributed by atoms with Crippen molar-refractivity contribution < 1.29 is 14.3 Å². The van der Waals surface area contributed by atoms with Crippen LogP contribution >= 0.6 is 0 Å². The average Bonchev–Trinajstić information content (AvgIpc) is 3.10. The number of benzene rings is 2. The molecule has 1 aliphatic heterocycles. The third-order valence-corrected chi connectivity index (χ3v) is 5.89. The van der Waals surface area contributed by atoms with Crippen molar-refractivity contribution in [2.45, 2.75) is 45.2 Å². The van der Waals surface area contributed by atoms with Gasteiger partial charge in [0.1, 0.15) is 6.04 Å². The first-order valence-corrected chi connectivity index (χ1v) is 9.98. The van der Waals surface area contributed by atoms with Crippen molar-refractivity contribution in [2.24, 2.45) is 0 Å². The Bertz CT molecular complexity index is 1070. The smallest absolute Gasteiger partial charge is 0.328 e. The van der Waals surface area contributed by atoms with Crippen molar-refractivity contribution in [3.8, 4) is 0 Å². The minimum atomic E-state index is -0.654. The predicted octanol–water partition coefficient (Wildman–Crippen LogP) is 4.33. The molecule has 1 aliphatic rings. The van der Waals surface area contributed by atoms with Gasteiger partial charge in [0, 0.05) is 29.9 Å². The van der Waals surface area contributed by atoms with E-state index >= 15 is 0 Å². The summed E-state index contributed by atoms with van der Waals surface area (Å²) >= 11 is 0. The summed E-state index contributed by atoms with van der Waals surface area (Å²) in [6.07, 6.45) is 0.437. The van der Waals surface area contributed by atoms with Gasteiger partial charge in [-0.15, -0.1) is 0 Å². The number of aromatic nitrogens is 1. The summed E-state index contributed by atoms with van der Waals surface area (Å²) in [6.45, 7) is 5.82. The van der Waals surface area contributed by atoms with Crippen LogP contribution in [0.1, 0.15) is 55.1 Å². The fourth-order valence-corrected chi connectivity index (χ4v) is 4.41. The molecule has 1 unspecified atom stereocenters. The van der Waals surface area contributed by atoms with E-state index in [2.05, 4.69) is 49.2 Å². The van der Waals surface area contributed by atoms with Gasteiger partial charge in [0.05, 0.1) is 13.2 Å². The van der Waals surface area contributed by atoms with Gasteiger partial charge in [-0.1, -0.05) is 56.3 Å². The van der Waals surface area contributed by atoms with Crippen LogP contribution < -0.4 is 0 Å². The molecular weight excluding hydrogens is 364 g/mol. The maximum Gasteiger partial charge on any atom is 0.328 e. The first-order valence-electron chi connectivity index (χ1n) is 9.98. The zero-order valence-corrected chi connectivity index (χ0v) is 17.2. The van der Waals surface area contributed by atoms with Crippen molar-refractivity contribution >= 4 is 22.8 Å². The van der Waals surface area contributed by atoms with Crippen molar-refractivity contribution in [3.05, 3.63) is 70.9 Å². The fraction of sp³-hybridized carbons (Fsp3) is 0.333. The first-order chi connectivity index (χ1) is 13.9. The number of aromatic amines is 1. The molecule has 2 aromatic carbocycles. The van der Waals surface area contributed by atoms with Crippen LogP contribution in [0.2, 0.25) is 0 Å². The van der Waals surface area contributed by atoms with Crippen LogP contribution in [0.25, 0.3) is 10.9 Å². The van der Waals surface area contributed by atoms with Crippen LogP contribution in [0.15, 0.2) is 48.5 Å². The molecule has 0 spiro atoms.